The molecule has 0 aliphatic heterocycles. The van der Waals surface area contributed by atoms with E-state index in [4.69, 9.17) is 10.5 Å². The van der Waals surface area contributed by atoms with E-state index in [1.165, 1.54) is 11.1 Å². The summed E-state index contributed by atoms with van der Waals surface area (Å²) < 4.78 is 7.40. The number of aromatic nitrogens is 2. The molecule has 0 bridgehead atoms. The maximum absolute atomic E-state index is 5.79. The molecule has 2 aromatic carbocycles. The van der Waals surface area contributed by atoms with Crippen LogP contribution in [0.4, 0.5) is 5.95 Å². The van der Waals surface area contributed by atoms with Gasteiger partial charge < -0.3 is 15.0 Å². The molecule has 3 rings (SSSR count). The van der Waals surface area contributed by atoms with E-state index in [2.05, 4.69) is 47.4 Å². The van der Waals surface area contributed by atoms with E-state index in [0.29, 0.717) is 5.95 Å². The molecule has 4 heteroatoms. The molecular weight excluding hydrogens is 286 g/mol. The molecule has 0 aliphatic rings. The number of nitrogens with two attached hydrogens (primary N) is 1. The molecule has 4 nitrogen and oxygen atoms in total. The van der Waals surface area contributed by atoms with Gasteiger partial charge in [-0.25, -0.2) is 4.98 Å². The highest BCUT2D eigenvalue weighted by Crippen LogP contribution is 2.24. The lowest BCUT2D eigenvalue weighted by Gasteiger charge is -2.10. The summed E-state index contributed by atoms with van der Waals surface area (Å²) in [7, 11) is 3.61. The highest BCUT2D eigenvalue weighted by atomic mass is 16.5. The average Bonchev–Trinajstić information content (AvgIpc) is 2.87. The summed E-state index contributed by atoms with van der Waals surface area (Å²) in [6.45, 7) is 0. The average molecular weight is 307 g/mol. The number of imidazole rings is 1. The molecule has 118 valence electrons. The summed E-state index contributed by atoms with van der Waals surface area (Å²) >= 11 is 0. The first-order valence-corrected chi connectivity index (χ1v) is 7.63. The number of aryl methyl sites for hydroxylation is 1. The second-order valence-corrected chi connectivity index (χ2v) is 5.69. The van der Waals surface area contributed by atoms with E-state index in [1.54, 1.807) is 7.11 Å². The topological polar surface area (TPSA) is 53.1 Å². The van der Waals surface area contributed by atoms with E-state index in [9.17, 15) is 0 Å². The summed E-state index contributed by atoms with van der Waals surface area (Å²) in [5, 5.41) is 0. The third-order valence-corrected chi connectivity index (χ3v) is 3.94. The van der Waals surface area contributed by atoms with Crippen LogP contribution in [0.15, 0.2) is 54.7 Å². The SMILES string of the molecule is COc1cc(Cc2cn(C)c(N)n2)ccc1Cc1ccccc1. The van der Waals surface area contributed by atoms with Crippen molar-refractivity contribution >= 4 is 5.95 Å². The van der Waals surface area contributed by atoms with Crippen LogP contribution in [0, 0.1) is 0 Å². The van der Waals surface area contributed by atoms with E-state index >= 15 is 0 Å². The molecular formula is C19H21N3O. The monoisotopic (exact) mass is 307 g/mol. The van der Waals surface area contributed by atoms with Crippen LogP contribution in [0.1, 0.15) is 22.4 Å². The quantitative estimate of drug-likeness (QED) is 0.787. The lowest BCUT2D eigenvalue weighted by atomic mass is 10.0. The number of anilines is 1. The molecule has 2 N–H and O–H groups in total. The Labute approximate surface area is 136 Å². The van der Waals surface area contributed by atoms with Crippen LogP contribution < -0.4 is 10.5 Å². The van der Waals surface area contributed by atoms with Crippen molar-refractivity contribution in [3.63, 3.8) is 0 Å². The maximum atomic E-state index is 5.79. The van der Waals surface area contributed by atoms with Crippen molar-refractivity contribution in [1.82, 2.24) is 9.55 Å². The van der Waals surface area contributed by atoms with Gasteiger partial charge in [-0.05, 0) is 22.8 Å². The number of benzene rings is 2. The molecule has 1 heterocycles. The van der Waals surface area contributed by atoms with Crippen molar-refractivity contribution in [3.05, 3.63) is 77.1 Å². The number of hydrogen-bond acceptors (Lipinski definition) is 3. The largest absolute Gasteiger partial charge is 0.496 e. The number of methoxy groups -OCH3 is 1. The van der Waals surface area contributed by atoms with Crippen LogP contribution in [0.2, 0.25) is 0 Å². The lowest BCUT2D eigenvalue weighted by Crippen LogP contribution is -1.97. The lowest BCUT2D eigenvalue weighted by molar-refractivity contribution is 0.410. The molecule has 0 saturated heterocycles. The third kappa shape index (κ3) is 3.54. The molecule has 0 unspecified atom stereocenters. The first-order chi connectivity index (χ1) is 11.2. The van der Waals surface area contributed by atoms with E-state index in [0.717, 1.165) is 29.8 Å². The Balaban J connectivity index is 1.81. The van der Waals surface area contributed by atoms with E-state index in [-0.39, 0.29) is 0 Å². The Morgan fingerprint density at radius 2 is 1.83 bits per heavy atom. The number of ether oxygens (including phenoxy) is 1. The molecule has 0 radical (unpaired) electrons. The van der Waals surface area contributed by atoms with Gasteiger partial charge in [0.1, 0.15) is 5.75 Å². The van der Waals surface area contributed by atoms with Crippen molar-refractivity contribution in [1.29, 1.82) is 0 Å². The molecule has 3 aromatic rings. The fraction of sp³-hybridized carbons (Fsp3) is 0.211. The van der Waals surface area contributed by atoms with Gasteiger partial charge in [0.2, 0.25) is 0 Å². The van der Waals surface area contributed by atoms with Gasteiger partial charge in [-0.2, -0.15) is 0 Å². The zero-order valence-electron chi connectivity index (χ0n) is 13.5. The van der Waals surface area contributed by atoms with Gasteiger partial charge >= 0.3 is 0 Å². The van der Waals surface area contributed by atoms with Gasteiger partial charge in [0, 0.05) is 26.1 Å². The summed E-state index contributed by atoms with van der Waals surface area (Å²) in [5.41, 5.74) is 10.4. The van der Waals surface area contributed by atoms with E-state index < -0.39 is 0 Å². The predicted molar refractivity (Wildman–Crippen MR) is 92.7 cm³/mol. The van der Waals surface area contributed by atoms with Crippen molar-refractivity contribution in [3.8, 4) is 5.75 Å². The van der Waals surface area contributed by atoms with Crippen LogP contribution >= 0.6 is 0 Å². The first kappa shape index (κ1) is 15.2. The number of nitrogens with zero attached hydrogens (tertiary/aromatic N) is 2. The van der Waals surface area contributed by atoms with Gasteiger partial charge in [0.05, 0.1) is 12.8 Å². The molecule has 0 aliphatic carbocycles. The van der Waals surface area contributed by atoms with Crippen LogP contribution in [-0.4, -0.2) is 16.7 Å². The summed E-state index contributed by atoms with van der Waals surface area (Å²) in [4.78, 5) is 4.35. The van der Waals surface area contributed by atoms with Gasteiger partial charge in [0.25, 0.3) is 0 Å². The van der Waals surface area contributed by atoms with Crippen molar-refractivity contribution < 1.29 is 4.74 Å². The maximum Gasteiger partial charge on any atom is 0.200 e. The Kier molecular flexibility index (Phi) is 4.33. The normalized spacial score (nSPS) is 10.7. The minimum absolute atomic E-state index is 0.535. The van der Waals surface area contributed by atoms with Gasteiger partial charge in [-0.15, -0.1) is 0 Å². The van der Waals surface area contributed by atoms with Crippen LogP contribution in [-0.2, 0) is 19.9 Å². The third-order valence-electron chi connectivity index (χ3n) is 3.94. The molecule has 0 saturated carbocycles. The molecule has 0 atom stereocenters. The summed E-state index contributed by atoms with van der Waals surface area (Å²) in [6.07, 6.45) is 3.56. The number of rotatable bonds is 5. The minimum atomic E-state index is 0.535. The first-order valence-electron chi connectivity index (χ1n) is 7.63. The van der Waals surface area contributed by atoms with Crippen LogP contribution in [0.5, 0.6) is 5.75 Å². The van der Waals surface area contributed by atoms with Gasteiger partial charge in [-0.3, -0.25) is 0 Å². The van der Waals surface area contributed by atoms with Crippen LogP contribution in [0.3, 0.4) is 0 Å². The Morgan fingerprint density at radius 3 is 2.48 bits per heavy atom. The van der Waals surface area contributed by atoms with E-state index in [1.807, 2.05) is 23.9 Å². The highest BCUT2D eigenvalue weighted by molar-refractivity contribution is 5.42. The van der Waals surface area contributed by atoms with Gasteiger partial charge in [0.15, 0.2) is 5.95 Å². The zero-order valence-corrected chi connectivity index (χ0v) is 13.5. The summed E-state index contributed by atoms with van der Waals surface area (Å²) in [5.74, 6) is 1.45. The Morgan fingerprint density at radius 1 is 1.04 bits per heavy atom. The zero-order chi connectivity index (χ0) is 16.2. The van der Waals surface area contributed by atoms with Gasteiger partial charge in [-0.1, -0.05) is 42.5 Å². The van der Waals surface area contributed by atoms with Crippen molar-refractivity contribution in [2.45, 2.75) is 12.8 Å². The molecule has 0 fully saturated rings. The fourth-order valence-electron chi connectivity index (χ4n) is 2.70. The molecule has 0 amide bonds. The predicted octanol–water partition coefficient (Wildman–Crippen LogP) is 3.19. The molecule has 0 spiro atoms. The second-order valence-electron chi connectivity index (χ2n) is 5.69. The second kappa shape index (κ2) is 6.57. The molecule has 1 aromatic heterocycles. The Hall–Kier alpha value is -2.75. The molecule has 23 heavy (non-hydrogen) atoms. The summed E-state index contributed by atoms with van der Waals surface area (Å²) in [6, 6.07) is 16.8. The van der Waals surface area contributed by atoms with Crippen molar-refractivity contribution in [2.75, 3.05) is 12.8 Å². The number of nitrogen functional groups attached to an aromatic ring is 1. The van der Waals surface area contributed by atoms with Crippen LogP contribution in [0.25, 0.3) is 0 Å². The smallest absolute Gasteiger partial charge is 0.200 e. The minimum Gasteiger partial charge on any atom is -0.496 e. The highest BCUT2D eigenvalue weighted by Gasteiger charge is 2.08. The Bertz CT molecular complexity index is 774. The fourth-order valence-corrected chi connectivity index (χ4v) is 2.70. The standard InChI is InChI=1S/C19H21N3O/c1-22-13-17(21-19(22)20)11-15-8-9-16(18(12-15)23-2)10-14-6-4-3-5-7-14/h3-9,12-13H,10-11H2,1-2H3,(H2,20,21). The van der Waals surface area contributed by atoms with Crippen molar-refractivity contribution in [2.24, 2.45) is 7.05 Å². The number of hydrogen-bond donors (Lipinski definition) is 1.